The predicted molar refractivity (Wildman–Crippen MR) is 63.2 cm³/mol. The summed E-state index contributed by atoms with van der Waals surface area (Å²) in [7, 11) is 0. The molecule has 2 aromatic heterocycles. The Morgan fingerprint density at radius 1 is 1.41 bits per heavy atom. The monoisotopic (exact) mass is 251 g/mol. The largest absolute Gasteiger partial charge is 0.438 e. The highest BCUT2D eigenvalue weighted by Crippen LogP contribution is 2.20. The number of halogens is 1. The van der Waals surface area contributed by atoms with Crippen molar-refractivity contribution in [3.05, 3.63) is 40.8 Å². The summed E-state index contributed by atoms with van der Waals surface area (Å²) in [4.78, 5) is 19.6. The number of oxazole rings is 1. The van der Waals surface area contributed by atoms with Gasteiger partial charge in [0, 0.05) is 6.20 Å². The van der Waals surface area contributed by atoms with Gasteiger partial charge in [0.05, 0.1) is 11.4 Å². The number of hydrogen-bond donors (Lipinski definition) is 1. The Balaban J connectivity index is 2.24. The van der Waals surface area contributed by atoms with Crippen LogP contribution in [0.4, 0.5) is 5.69 Å². The van der Waals surface area contributed by atoms with Gasteiger partial charge in [0.1, 0.15) is 0 Å². The summed E-state index contributed by atoms with van der Waals surface area (Å²) >= 11 is 5.87. The summed E-state index contributed by atoms with van der Waals surface area (Å²) in [6.07, 6.45) is 2.85. The first kappa shape index (κ1) is 11.6. The highest BCUT2D eigenvalue weighted by atomic mass is 35.5. The maximum absolute atomic E-state index is 11.8. The average Bonchev–Trinajstić information content (AvgIpc) is 2.70. The van der Waals surface area contributed by atoms with E-state index >= 15 is 0 Å². The zero-order valence-electron chi connectivity index (χ0n) is 9.32. The Morgan fingerprint density at radius 3 is 2.82 bits per heavy atom. The van der Waals surface area contributed by atoms with E-state index in [2.05, 4.69) is 15.3 Å². The molecule has 0 fully saturated rings. The highest BCUT2D eigenvalue weighted by Gasteiger charge is 2.15. The Hall–Kier alpha value is -1.88. The molecule has 0 saturated carbocycles. The number of aromatic nitrogens is 2. The van der Waals surface area contributed by atoms with Crippen LogP contribution in [0.1, 0.15) is 21.8 Å². The summed E-state index contributed by atoms with van der Waals surface area (Å²) in [5.74, 6) is -0.225. The van der Waals surface area contributed by atoms with Gasteiger partial charge in [-0.1, -0.05) is 11.6 Å². The molecule has 0 bridgehead atoms. The van der Waals surface area contributed by atoms with Gasteiger partial charge < -0.3 is 9.73 Å². The number of rotatable bonds is 2. The van der Waals surface area contributed by atoms with Crippen molar-refractivity contribution in [2.24, 2.45) is 0 Å². The minimum absolute atomic E-state index is 0.169. The van der Waals surface area contributed by atoms with Gasteiger partial charge >= 0.3 is 0 Å². The van der Waals surface area contributed by atoms with E-state index < -0.39 is 5.91 Å². The Morgan fingerprint density at radius 2 is 2.18 bits per heavy atom. The Bertz CT molecular complexity index is 566. The van der Waals surface area contributed by atoms with E-state index in [1.807, 2.05) is 6.92 Å². The molecular weight excluding hydrogens is 242 g/mol. The molecule has 2 aromatic rings. The molecule has 1 N–H and O–H groups in total. The standard InChI is InChI=1S/C11H10ClN3O2/c1-6-3-8(10(12)13-4-6)15-11(16)9-7(2)14-5-17-9/h3-5H,1-2H3,(H,15,16). The van der Waals surface area contributed by atoms with Crippen LogP contribution in [-0.2, 0) is 0 Å². The fraction of sp³-hybridized carbons (Fsp3) is 0.182. The lowest BCUT2D eigenvalue weighted by atomic mass is 10.3. The van der Waals surface area contributed by atoms with E-state index in [1.54, 1.807) is 19.2 Å². The van der Waals surface area contributed by atoms with Gasteiger partial charge in [-0.25, -0.2) is 9.97 Å². The summed E-state index contributed by atoms with van der Waals surface area (Å²) in [5.41, 5.74) is 1.88. The molecule has 0 aromatic carbocycles. The number of anilines is 1. The van der Waals surface area contributed by atoms with Gasteiger partial charge in [0.25, 0.3) is 5.91 Å². The van der Waals surface area contributed by atoms with Crippen molar-refractivity contribution in [2.75, 3.05) is 5.32 Å². The molecule has 0 aliphatic heterocycles. The zero-order chi connectivity index (χ0) is 12.4. The quantitative estimate of drug-likeness (QED) is 0.833. The second kappa shape index (κ2) is 4.55. The van der Waals surface area contributed by atoms with Crippen LogP contribution in [0.15, 0.2) is 23.1 Å². The van der Waals surface area contributed by atoms with Gasteiger partial charge in [-0.3, -0.25) is 4.79 Å². The third-order valence-corrected chi connectivity index (χ3v) is 2.48. The number of amides is 1. The van der Waals surface area contributed by atoms with Gasteiger partial charge in [-0.2, -0.15) is 0 Å². The lowest BCUT2D eigenvalue weighted by Crippen LogP contribution is -2.13. The molecule has 6 heteroatoms. The lowest BCUT2D eigenvalue weighted by molar-refractivity contribution is 0.0996. The van der Waals surface area contributed by atoms with Crippen molar-refractivity contribution < 1.29 is 9.21 Å². The average molecular weight is 252 g/mol. The fourth-order valence-corrected chi connectivity index (χ4v) is 1.49. The molecular formula is C11H10ClN3O2. The van der Waals surface area contributed by atoms with Crippen molar-refractivity contribution in [2.45, 2.75) is 13.8 Å². The summed E-state index contributed by atoms with van der Waals surface area (Å²) in [5, 5.41) is 2.86. The van der Waals surface area contributed by atoms with E-state index in [-0.39, 0.29) is 10.9 Å². The van der Waals surface area contributed by atoms with Crippen molar-refractivity contribution in [3.8, 4) is 0 Å². The molecule has 0 aliphatic carbocycles. The van der Waals surface area contributed by atoms with Crippen LogP contribution in [0.2, 0.25) is 5.15 Å². The van der Waals surface area contributed by atoms with Crippen molar-refractivity contribution in [1.82, 2.24) is 9.97 Å². The molecule has 17 heavy (non-hydrogen) atoms. The van der Waals surface area contributed by atoms with Crippen LogP contribution in [0.5, 0.6) is 0 Å². The first-order chi connectivity index (χ1) is 8.08. The summed E-state index contributed by atoms with van der Waals surface area (Å²) < 4.78 is 4.98. The fourth-order valence-electron chi connectivity index (χ4n) is 1.34. The number of carbonyl (C=O) groups excluding carboxylic acids is 1. The van der Waals surface area contributed by atoms with Gasteiger partial charge in [-0.15, -0.1) is 0 Å². The number of hydrogen-bond acceptors (Lipinski definition) is 4. The maximum atomic E-state index is 11.8. The van der Waals surface area contributed by atoms with Crippen LogP contribution in [0.3, 0.4) is 0 Å². The molecule has 2 rings (SSSR count). The van der Waals surface area contributed by atoms with Gasteiger partial charge in [0.2, 0.25) is 5.76 Å². The first-order valence-corrected chi connectivity index (χ1v) is 5.29. The Labute approximate surface area is 103 Å². The molecule has 5 nitrogen and oxygen atoms in total. The van der Waals surface area contributed by atoms with E-state index in [0.717, 1.165) is 5.56 Å². The molecule has 0 saturated heterocycles. The lowest BCUT2D eigenvalue weighted by Gasteiger charge is -2.05. The van der Waals surface area contributed by atoms with Crippen molar-refractivity contribution in [1.29, 1.82) is 0 Å². The first-order valence-electron chi connectivity index (χ1n) is 4.91. The molecule has 0 unspecified atom stereocenters. The highest BCUT2D eigenvalue weighted by molar-refractivity contribution is 6.32. The minimum atomic E-state index is -0.394. The second-order valence-electron chi connectivity index (χ2n) is 3.57. The van der Waals surface area contributed by atoms with E-state index in [1.165, 1.54) is 6.39 Å². The molecule has 88 valence electrons. The third kappa shape index (κ3) is 2.45. The minimum Gasteiger partial charge on any atom is -0.438 e. The summed E-state index contributed by atoms with van der Waals surface area (Å²) in [6, 6.07) is 1.74. The molecule has 0 aliphatic rings. The van der Waals surface area contributed by atoms with E-state index in [9.17, 15) is 4.79 Å². The van der Waals surface area contributed by atoms with Crippen LogP contribution in [0.25, 0.3) is 0 Å². The number of nitrogens with zero attached hydrogens (tertiary/aromatic N) is 2. The van der Waals surface area contributed by atoms with Crippen LogP contribution >= 0.6 is 11.6 Å². The predicted octanol–water partition coefficient (Wildman–Crippen LogP) is 2.59. The molecule has 0 radical (unpaired) electrons. The van der Waals surface area contributed by atoms with Gasteiger partial charge in [0.15, 0.2) is 11.5 Å². The molecule has 0 spiro atoms. The number of pyridine rings is 1. The van der Waals surface area contributed by atoms with E-state index in [0.29, 0.717) is 11.4 Å². The maximum Gasteiger partial charge on any atom is 0.293 e. The van der Waals surface area contributed by atoms with Gasteiger partial charge in [-0.05, 0) is 25.5 Å². The van der Waals surface area contributed by atoms with Crippen LogP contribution < -0.4 is 5.32 Å². The number of aryl methyl sites for hydroxylation is 2. The zero-order valence-corrected chi connectivity index (χ0v) is 10.1. The van der Waals surface area contributed by atoms with Crippen molar-refractivity contribution in [3.63, 3.8) is 0 Å². The third-order valence-electron chi connectivity index (χ3n) is 2.18. The normalized spacial score (nSPS) is 10.3. The topological polar surface area (TPSA) is 68.0 Å². The Kier molecular flexibility index (Phi) is 3.10. The van der Waals surface area contributed by atoms with Crippen LogP contribution in [-0.4, -0.2) is 15.9 Å². The smallest absolute Gasteiger partial charge is 0.293 e. The van der Waals surface area contributed by atoms with Crippen molar-refractivity contribution >= 4 is 23.2 Å². The SMILES string of the molecule is Cc1cnc(Cl)c(NC(=O)c2ocnc2C)c1. The molecule has 0 atom stereocenters. The second-order valence-corrected chi connectivity index (χ2v) is 3.93. The number of nitrogens with one attached hydrogen (secondary N) is 1. The molecule has 2 heterocycles. The molecule has 1 amide bonds. The van der Waals surface area contributed by atoms with E-state index in [4.69, 9.17) is 16.0 Å². The van der Waals surface area contributed by atoms with Crippen LogP contribution in [0, 0.1) is 13.8 Å². The number of carbonyl (C=O) groups is 1. The summed E-state index contributed by atoms with van der Waals surface area (Å²) in [6.45, 7) is 3.55.